The lowest BCUT2D eigenvalue weighted by atomic mass is 10.3. The first-order valence-electron chi connectivity index (χ1n) is 6.32. The number of aryl methyl sites for hydroxylation is 1. The molecule has 0 unspecified atom stereocenters. The van der Waals surface area contributed by atoms with E-state index in [0.717, 1.165) is 17.6 Å². The molecule has 0 atom stereocenters. The second kappa shape index (κ2) is 5.08. The Kier molecular flexibility index (Phi) is 3.12. The molecule has 1 N–H and O–H groups in total. The fourth-order valence-corrected chi connectivity index (χ4v) is 2.08. The number of imidazole rings is 1. The van der Waals surface area contributed by atoms with Crippen LogP contribution in [-0.4, -0.2) is 25.4 Å². The summed E-state index contributed by atoms with van der Waals surface area (Å²) in [5.74, 6) is 0.231. The van der Waals surface area contributed by atoms with Crippen molar-refractivity contribution in [1.29, 1.82) is 0 Å². The SMILES string of the molecule is CCn1c(NC(=O)c2ccncn2)nc2ccccc21. The lowest BCUT2D eigenvalue weighted by Crippen LogP contribution is -2.17. The van der Waals surface area contributed by atoms with Gasteiger partial charge in [0.25, 0.3) is 5.91 Å². The molecule has 0 radical (unpaired) electrons. The average molecular weight is 267 g/mol. The first kappa shape index (κ1) is 12.3. The van der Waals surface area contributed by atoms with E-state index in [-0.39, 0.29) is 5.91 Å². The first-order valence-corrected chi connectivity index (χ1v) is 6.32. The van der Waals surface area contributed by atoms with Gasteiger partial charge in [-0.15, -0.1) is 0 Å². The summed E-state index contributed by atoms with van der Waals surface area (Å²) < 4.78 is 1.95. The number of carbonyl (C=O) groups is 1. The second-order valence-electron chi connectivity index (χ2n) is 4.22. The Morgan fingerprint density at radius 1 is 1.30 bits per heavy atom. The van der Waals surface area contributed by atoms with E-state index in [1.807, 2.05) is 35.8 Å². The van der Waals surface area contributed by atoms with Crippen LogP contribution in [0.25, 0.3) is 11.0 Å². The standard InChI is InChI=1S/C14H13N5O/c1-2-19-12-6-4-3-5-10(12)17-14(19)18-13(20)11-7-8-15-9-16-11/h3-9H,2H2,1H3,(H,17,18,20). The molecule has 0 fully saturated rings. The Morgan fingerprint density at radius 3 is 2.90 bits per heavy atom. The van der Waals surface area contributed by atoms with Gasteiger partial charge in [-0.1, -0.05) is 12.1 Å². The van der Waals surface area contributed by atoms with Gasteiger partial charge in [0.15, 0.2) is 0 Å². The van der Waals surface area contributed by atoms with Crippen molar-refractivity contribution in [2.75, 3.05) is 5.32 Å². The molecule has 100 valence electrons. The molecule has 0 saturated carbocycles. The number of anilines is 1. The molecule has 3 aromatic rings. The maximum Gasteiger partial charge on any atom is 0.276 e. The lowest BCUT2D eigenvalue weighted by molar-refractivity contribution is 0.102. The fraction of sp³-hybridized carbons (Fsp3) is 0.143. The molecule has 0 aliphatic carbocycles. The van der Waals surface area contributed by atoms with Crippen molar-refractivity contribution in [1.82, 2.24) is 19.5 Å². The minimum atomic E-state index is -0.294. The van der Waals surface area contributed by atoms with Gasteiger partial charge in [-0.2, -0.15) is 0 Å². The minimum absolute atomic E-state index is 0.294. The van der Waals surface area contributed by atoms with Gasteiger partial charge in [-0.05, 0) is 25.1 Å². The van der Waals surface area contributed by atoms with Crippen LogP contribution < -0.4 is 5.32 Å². The molecule has 0 saturated heterocycles. The maximum absolute atomic E-state index is 12.1. The summed E-state index contributed by atoms with van der Waals surface area (Å²) in [6.07, 6.45) is 2.88. The Hall–Kier alpha value is -2.76. The van der Waals surface area contributed by atoms with E-state index in [1.54, 1.807) is 6.07 Å². The molecule has 6 heteroatoms. The van der Waals surface area contributed by atoms with Gasteiger partial charge in [-0.25, -0.2) is 15.0 Å². The van der Waals surface area contributed by atoms with Crippen LogP contribution in [0.1, 0.15) is 17.4 Å². The van der Waals surface area contributed by atoms with Crippen LogP contribution in [0.2, 0.25) is 0 Å². The Balaban J connectivity index is 1.97. The zero-order chi connectivity index (χ0) is 13.9. The molecule has 0 aliphatic rings. The van der Waals surface area contributed by atoms with Crippen LogP contribution in [0.3, 0.4) is 0 Å². The maximum atomic E-state index is 12.1. The smallest absolute Gasteiger partial charge is 0.276 e. The highest BCUT2D eigenvalue weighted by Crippen LogP contribution is 2.19. The van der Waals surface area contributed by atoms with Gasteiger partial charge in [-0.3, -0.25) is 10.1 Å². The van der Waals surface area contributed by atoms with Gasteiger partial charge >= 0.3 is 0 Å². The van der Waals surface area contributed by atoms with E-state index in [2.05, 4.69) is 20.3 Å². The van der Waals surface area contributed by atoms with E-state index in [9.17, 15) is 4.79 Å². The summed E-state index contributed by atoms with van der Waals surface area (Å²) in [7, 11) is 0. The zero-order valence-electron chi connectivity index (χ0n) is 10.9. The number of para-hydroxylation sites is 2. The van der Waals surface area contributed by atoms with Crippen molar-refractivity contribution in [2.45, 2.75) is 13.5 Å². The summed E-state index contributed by atoms with van der Waals surface area (Å²) in [4.78, 5) is 24.3. The molecule has 3 rings (SSSR count). The Bertz CT molecular complexity index is 751. The predicted molar refractivity (Wildman–Crippen MR) is 75.4 cm³/mol. The molecule has 2 aromatic heterocycles. The summed E-state index contributed by atoms with van der Waals surface area (Å²) in [6, 6.07) is 9.33. The second-order valence-corrected chi connectivity index (χ2v) is 4.22. The molecule has 0 spiro atoms. The van der Waals surface area contributed by atoms with E-state index >= 15 is 0 Å². The van der Waals surface area contributed by atoms with E-state index < -0.39 is 0 Å². The third-order valence-corrected chi connectivity index (χ3v) is 3.01. The van der Waals surface area contributed by atoms with Crippen LogP contribution in [0.4, 0.5) is 5.95 Å². The van der Waals surface area contributed by atoms with Crippen LogP contribution in [0.15, 0.2) is 42.9 Å². The number of aromatic nitrogens is 4. The molecule has 1 aromatic carbocycles. The quantitative estimate of drug-likeness (QED) is 0.788. The van der Waals surface area contributed by atoms with Crippen molar-refractivity contribution in [3.05, 3.63) is 48.5 Å². The Morgan fingerprint density at radius 2 is 2.15 bits per heavy atom. The van der Waals surface area contributed by atoms with Crippen LogP contribution >= 0.6 is 0 Å². The largest absolute Gasteiger partial charge is 0.310 e. The normalized spacial score (nSPS) is 10.7. The van der Waals surface area contributed by atoms with Crippen molar-refractivity contribution in [3.8, 4) is 0 Å². The van der Waals surface area contributed by atoms with Crippen LogP contribution in [-0.2, 0) is 6.54 Å². The summed E-state index contributed by atoms with van der Waals surface area (Å²) in [5.41, 5.74) is 2.16. The van der Waals surface area contributed by atoms with Gasteiger partial charge < -0.3 is 4.57 Å². The monoisotopic (exact) mass is 267 g/mol. The van der Waals surface area contributed by atoms with Crippen molar-refractivity contribution in [2.24, 2.45) is 0 Å². The van der Waals surface area contributed by atoms with Gasteiger partial charge in [0.05, 0.1) is 11.0 Å². The highest BCUT2D eigenvalue weighted by atomic mass is 16.2. The topological polar surface area (TPSA) is 72.7 Å². The molecule has 0 aliphatic heterocycles. The highest BCUT2D eigenvalue weighted by molar-refractivity contribution is 6.02. The van der Waals surface area contributed by atoms with Gasteiger partial charge in [0.2, 0.25) is 5.95 Å². The first-order chi connectivity index (χ1) is 9.79. The van der Waals surface area contributed by atoms with Gasteiger partial charge in [0, 0.05) is 12.7 Å². The molecule has 2 heterocycles. The molecule has 0 bridgehead atoms. The van der Waals surface area contributed by atoms with Crippen LogP contribution in [0.5, 0.6) is 0 Å². The minimum Gasteiger partial charge on any atom is -0.310 e. The average Bonchev–Trinajstić information content (AvgIpc) is 2.85. The molecule has 1 amide bonds. The van der Waals surface area contributed by atoms with Crippen molar-refractivity contribution in [3.63, 3.8) is 0 Å². The van der Waals surface area contributed by atoms with Gasteiger partial charge in [0.1, 0.15) is 12.0 Å². The number of nitrogens with zero attached hydrogens (tertiary/aromatic N) is 4. The van der Waals surface area contributed by atoms with Crippen molar-refractivity contribution >= 4 is 22.9 Å². The number of rotatable bonds is 3. The number of nitrogens with one attached hydrogen (secondary N) is 1. The number of fused-ring (bicyclic) bond motifs is 1. The summed E-state index contributed by atoms with van der Waals surface area (Å²) in [5, 5.41) is 2.79. The number of amides is 1. The molecule has 6 nitrogen and oxygen atoms in total. The number of hydrogen-bond acceptors (Lipinski definition) is 4. The third kappa shape index (κ3) is 2.11. The number of hydrogen-bond donors (Lipinski definition) is 1. The van der Waals surface area contributed by atoms with Crippen LogP contribution in [0, 0.1) is 0 Å². The van der Waals surface area contributed by atoms with E-state index in [1.165, 1.54) is 12.5 Å². The zero-order valence-corrected chi connectivity index (χ0v) is 10.9. The Labute approximate surface area is 115 Å². The van der Waals surface area contributed by atoms with E-state index in [4.69, 9.17) is 0 Å². The molecular weight excluding hydrogens is 254 g/mol. The predicted octanol–water partition coefficient (Wildman–Crippen LogP) is 2.10. The molecule has 20 heavy (non-hydrogen) atoms. The number of benzene rings is 1. The summed E-state index contributed by atoms with van der Waals surface area (Å²) in [6.45, 7) is 2.73. The highest BCUT2D eigenvalue weighted by Gasteiger charge is 2.13. The molecular formula is C14H13N5O. The van der Waals surface area contributed by atoms with E-state index in [0.29, 0.717) is 11.6 Å². The lowest BCUT2D eigenvalue weighted by Gasteiger charge is -2.06. The van der Waals surface area contributed by atoms with Crippen molar-refractivity contribution < 1.29 is 4.79 Å². The fourth-order valence-electron chi connectivity index (χ4n) is 2.08. The summed E-state index contributed by atoms with van der Waals surface area (Å²) >= 11 is 0. The number of carbonyl (C=O) groups excluding carboxylic acids is 1. The third-order valence-electron chi connectivity index (χ3n) is 3.01.